The van der Waals surface area contributed by atoms with E-state index in [-0.39, 0.29) is 5.56 Å². The van der Waals surface area contributed by atoms with E-state index in [0.717, 1.165) is 5.69 Å². The molecule has 0 saturated carbocycles. The zero-order valence-electron chi connectivity index (χ0n) is 5.74. The lowest BCUT2D eigenvalue weighted by molar-refractivity contribution is 0.0697. The summed E-state index contributed by atoms with van der Waals surface area (Å²) >= 11 is 0. The Morgan fingerprint density at radius 1 is 1.55 bits per heavy atom. The largest absolute Gasteiger partial charge is 0.478 e. The van der Waals surface area contributed by atoms with E-state index < -0.39 is 5.97 Å². The summed E-state index contributed by atoms with van der Waals surface area (Å²) < 4.78 is 0. The lowest BCUT2D eigenvalue weighted by atomic mass is 10.2. The van der Waals surface area contributed by atoms with E-state index in [4.69, 9.17) is 5.11 Å². The van der Waals surface area contributed by atoms with Gasteiger partial charge in [0.15, 0.2) is 0 Å². The molecule has 0 saturated heterocycles. The quantitative estimate of drug-likeness (QED) is 0.661. The van der Waals surface area contributed by atoms with Gasteiger partial charge in [0.25, 0.3) is 0 Å². The highest BCUT2D eigenvalue weighted by atomic mass is 31.0. The van der Waals surface area contributed by atoms with Gasteiger partial charge in [-0.15, -0.1) is 0 Å². The standard InChI is InChI=1S/C7H8NO2P/c9-7(10)5-2-1-3-6(4-5)8-11/h1-4,8H,11H2,(H,9,10). The number of rotatable bonds is 2. The number of carbonyl (C=O) groups is 1. The first-order valence-electron chi connectivity index (χ1n) is 3.04. The third-order valence-corrected chi connectivity index (χ3v) is 1.61. The molecule has 2 N–H and O–H groups in total. The van der Waals surface area contributed by atoms with Crippen LogP contribution in [0.2, 0.25) is 0 Å². The third-order valence-electron chi connectivity index (χ3n) is 1.28. The molecule has 4 heteroatoms. The summed E-state index contributed by atoms with van der Waals surface area (Å²) in [5.41, 5.74) is 1.06. The van der Waals surface area contributed by atoms with Gasteiger partial charge in [-0.25, -0.2) is 4.79 Å². The van der Waals surface area contributed by atoms with E-state index in [0.29, 0.717) is 0 Å². The number of hydrogen-bond acceptors (Lipinski definition) is 2. The molecule has 0 heterocycles. The Hall–Kier alpha value is -1.08. The van der Waals surface area contributed by atoms with E-state index in [1.165, 1.54) is 0 Å². The molecule has 1 aromatic carbocycles. The molecule has 0 fully saturated rings. The zero-order chi connectivity index (χ0) is 8.27. The molecule has 0 aliphatic carbocycles. The molecule has 0 aromatic heterocycles. The SMILES string of the molecule is O=C(O)c1cccc(NP)c1. The lowest BCUT2D eigenvalue weighted by Gasteiger charge is -1.99. The first-order chi connectivity index (χ1) is 5.24. The molecule has 1 aromatic rings. The van der Waals surface area contributed by atoms with E-state index in [9.17, 15) is 4.79 Å². The van der Waals surface area contributed by atoms with Gasteiger partial charge < -0.3 is 10.2 Å². The number of carboxylic acid groups (broad SMARTS) is 1. The number of carboxylic acids is 1. The van der Waals surface area contributed by atoms with Crippen LogP contribution < -0.4 is 5.09 Å². The van der Waals surface area contributed by atoms with Crippen molar-refractivity contribution in [3.63, 3.8) is 0 Å². The van der Waals surface area contributed by atoms with Gasteiger partial charge in [0.2, 0.25) is 0 Å². The van der Waals surface area contributed by atoms with Gasteiger partial charge in [-0.3, -0.25) is 0 Å². The Morgan fingerprint density at radius 2 is 2.27 bits per heavy atom. The maximum Gasteiger partial charge on any atom is 0.335 e. The van der Waals surface area contributed by atoms with Crippen LogP contribution in [0.25, 0.3) is 0 Å². The van der Waals surface area contributed by atoms with Gasteiger partial charge in [0, 0.05) is 5.69 Å². The molecule has 0 bridgehead atoms. The second-order valence-electron chi connectivity index (χ2n) is 2.03. The molecule has 0 spiro atoms. The maximum absolute atomic E-state index is 10.4. The smallest absolute Gasteiger partial charge is 0.335 e. The molecule has 0 aliphatic heterocycles. The van der Waals surface area contributed by atoms with Crippen molar-refractivity contribution in [2.45, 2.75) is 0 Å². The van der Waals surface area contributed by atoms with Crippen molar-refractivity contribution in [1.82, 2.24) is 0 Å². The molecule has 1 unspecified atom stereocenters. The van der Waals surface area contributed by atoms with E-state index in [2.05, 4.69) is 14.5 Å². The Bertz CT molecular complexity index is 275. The highest BCUT2D eigenvalue weighted by molar-refractivity contribution is 7.18. The van der Waals surface area contributed by atoms with Crippen molar-refractivity contribution >= 4 is 21.0 Å². The summed E-state index contributed by atoms with van der Waals surface area (Å²) in [4.78, 5) is 10.4. The first kappa shape index (κ1) is 8.02. The second-order valence-corrected chi connectivity index (χ2v) is 2.32. The molecule has 1 atom stereocenters. The average molecular weight is 169 g/mol. The Balaban J connectivity index is 3.01. The molecule has 58 valence electrons. The topological polar surface area (TPSA) is 49.3 Å². The second kappa shape index (κ2) is 3.35. The first-order valence-corrected chi connectivity index (χ1v) is 3.62. The normalized spacial score (nSPS) is 9.18. The Kier molecular flexibility index (Phi) is 2.44. The third kappa shape index (κ3) is 1.92. The lowest BCUT2D eigenvalue weighted by Crippen LogP contribution is -1.95. The minimum atomic E-state index is -0.910. The van der Waals surface area contributed by atoms with Crippen molar-refractivity contribution < 1.29 is 9.90 Å². The molecule has 11 heavy (non-hydrogen) atoms. The van der Waals surface area contributed by atoms with Gasteiger partial charge in [-0.1, -0.05) is 6.07 Å². The van der Waals surface area contributed by atoms with E-state index in [1.54, 1.807) is 24.3 Å². The van der Waals surface area contributed by atoms with Crippen LogP contribution in [-0.4, -0.2) is 11.1 Å². The summed E-state index contributed by atoms with van der Waals surface area (Å²) in [6.07, 6.45) is 0. The molecule has 0 amide bonds. The fourth-order valence-electron chi connectivity index (χ4n) is 0.742. The molecule has 1 rings (SSSR count). The average Bonchev–Trinajstić information content (AvgIpc) is 2.05. The summed E-state index contributed by atoms with van der Waals surface area (Å²) in [6, 6.07) is 6.60. The number of benzene rings is 1. The van der Waals surface area contributed by atoms with Crippen LogP contribution >= 0.6 is 9.39 Å². The minimum absolute atomic E-state index is 0.289. The van der Waals surface area contributed by atoms with Crippen molar-refractivity contribution in [1.29, 1.82) is 0 Å². The molecular formula is C7H8NO2P. The summed E-state index contributed by atoms with van der Waals surface area (Å²) in [5.74, 6) is -0.910. The van der Waals surface area contributed by atoms with E-state index in [1.807, 2.05) is 0 Å². The van der Waals surface area contributed by atoms with Crippen LogP contribution in [0.5, 0.6) is 0 Å². The van der Waals surface area contributed by atoms with Crippen LogP contribution in [0.15, 0.2) is 24.3 Å². The van der Waals surface area contributed by atoms with Gasteiger partial charge >= 0.3 is 5.97 Å². The van der Waals surface area contributed by atoms with Gasteiger partial charge in [0.1, 0.15) is 0 Å². The van der Waals surface area contributed by atoms with Crippen LogP contribution in [0.3, 0.4) is 0 Å². The van der Waals surface area contributed by atoms with Gasteiger partial charge in [0.05, 0.1) is 5.56 Å². The van der Waals surface area contributed by atoms with Crippen LogP contribution in [0.4, 0.5) is 5.69 Å². The highest BCUT2D eigenvalue weighted by Crippen LogP contribution is 2.11. The maximum atomic E-state index is 10.4. The fourth-order valence-corrected chi connectivity index (χ4v) is 0.922. The number of aromatic carboxylic acids is 1. The molecule has 0 radical (unpaired) electrons. The van der Waals surface area contributed by atoms with Crippen LogP contribution in [-0.2, 0) is 0 Å². The van der Waals surface area contributed by atoms with Crippen LogP contribution in [0, 0.1) is 0 Å². The van der Waals surface area contributed by atoms with E-state index >= 15 is 0 Å². The Labute approximate surface area is 66.7 Å². The monoisotopic (exact) mass is 169 g/mol. The highest BCUT2D eigenvalue weighted by Gasteiger charge is 2.00. The number of anilines is 1. The van der Waals surface area contributed by atoms with Crippen molar-refractivity contribution in [2.75, 3.05) is 5.09 Å². The summed E-state index contributed by atoms with van der Waals surface area (Å²) in [6.45, 7) is 0. The van der Waals surface area contributed by atoms with Crippen LogP contribution in [0.1, 0.15) is 10.4 Å². The van der Waals surface area contributed by atoms with Crippen molar-refractivity contribution in [3.05, 3.63) is 29.8 Å². The zero-order valence-corrected chi connectivity index (χ0v) is 6.90. The minimum Gasteiger partial charge on any atom is -0.478 e. The number of nitrogens with one attached hydrogen (secondary N) is 1. The fraction of sp³-hybridized carbons (Fsp3) is 0. The predicted molar refractivity (Wildman–Crippen MR) is 46.7 cm³/mol. The molecule has 0 aliphatic rings. The van der Waals surface area contributed by atoms with Crippen molar-refractivity contribution in [3.8, 4) is 0 Å². The predicted octanol–water partition coefficient (Wildman–Crippen LogP) is 1.59. The summed E-state index contributed by atoms with van der Waals surface area (Å²) in [5, 5.41) is 11.3. The molecular weight excluding hydrogens is 161 g/mol. The van der Waals surface area contributed by atoms with Gasteiger partial charge in [-0.05, 0) is 27.6 Å². The van der Waals surface area contributed by atoms with Crippen molar-refractivity contribution in [2.24, 2.45) is 0 Å². The summed E-state index contributed by atoms with van der Waals surface area (Å²) in [7, 11) is 2.31. The molecule has 3 nitrogen and oxygen atoms in total. The van der Waals surface area contributed by atoms with Gasteiger partial charge in [-0.2, -0.15) is 0 Å². The number of hydrogen-bond donors (Lipinski definition) is 2. The Morgan fingerprint density at radius 3 is 2.82 bits per heavy atom.